The molecule has 2 rings (SSSR count). The van der Waals surface area contributed by atoms with Crippen molar-refractivity contribution in [3.05, 3.63) is 39.3 Å². The third-order valence-electron chi connectivity index (χ3n) is 1.43. The van der Waals surface area contributed by atoms with Crippen LogP contribution in [0.4, 0.5) is 0 Å². The molecule has 2 aromatic heterocycles. The Morgan fingerprint density at radius 2 is 2.09 bits per heavy atom. The molecule has 0 aliphatic carbocycles. The molecule has 0 unspecified atom stereocenters. The number of nitrogens with one attached hydrogen (secondary N) is 2. The number of H-pyrrole nitrogens is 2. The van der Waals surface area contributed by atoms with Crippen molar-refractivity contribution in [1.29, 1.82) is 0 Å². The number of aromatic nitrogens is 3. The standard InChI is InChI=1S/C6H5N3O2/c10-5-7-4-2-1-3-9(4)6(11)8-5/h1-3H,(H2,7,8,10,11). The highest BCUT2D eigenvalue weighted by Crippen LogP contribution is 1.90. The summed E-state index contributed by atoms with van der Waals surface area (Å²) in [6.45, 7) is 0. The summed E-state index contributed by atoms with van der Waals surface area (Å²) >= 11 is 0. The van der Waals surface area contributed by atoms with Gasteiger partial charge in [0.1, 0.15) is 5.65 Å². The average Bonchev–Trinajstić information content (AvgIpc) is 2.34. The molecule has 0 saturated carbocycles. The van der Waals surface area contributed by atoms with Crippen LogP contribution >= 0.6 is 0 Å². The van der Waals surface area contributed by atoms with Crippen LogP contribution in [0.3, 0.4) is 0 Å². The summed E-state index contributed by atoms with van der Waals surface area (Å²) < 4.78 is 1.32. The lowest BCUT2D eigenvalue weighted by atomic mass is 10.6. The highest BCUT2D eigenvalue weighted by Gasteiger charge is 1.95. The second kappa shape index (κ2) is 1.85. The van der Waals surface area contributed by atoms with Gasteiger partial charge in [-0.25, -0.2) is 9.59 Å². The van der Waals surface area contributed by atoms with Gasteiger partial charge in [-0.1, -0.05) is 0 Å². The van der Waals surface area contributed by atoms with Gasteiger partial charge in [0.2, 0.25) is 0 Å². The second-order valence-corrected chi connectivity index (χ2v) is 2.15. The van der Waals surface area contributed by atoms with Crippen molar-refractivity contribution < 1.29 is 0 Å². The summed E-state index contributed by atoms with van der Waals surface area (Å²) in [5.41, 5.74) is -0.409. The molecule has 0 saturated heterocycles. The molecule has 0 aromatic carbocycles. The molecule has 0 atom stereocenters. The van der Waals surface area contributed by atoms with Gasteiger partial charge in [-0.15, -0.1) is 0 Å². The Hall–Kier alpha value is -1.78. The Kier molecular flexibility index (Phi) is 1.00. The molecule has 0 fully saturated rings. The Balaban J connectivity index is 3.15. The number of fused-ring (bicyclic) bond motifs is 1. The lowest BCUT2D eigenvalue weighted by Crippen LogP contribution is -2.26. The molecule has 2 N–H and O–H groups in total. The van der Waals surface area contributed by atoms with E-state index in [1.165, 1.54) is 4.40 Å². The van der Waals surface area contributed by atoms with E-state index in [1.807, 2.05) is 0 Å². The maximum absolute atomic E-state index is 10.9. The molecular weight excluding hydrogens is 146 g/mol. The van der Waals surface area contributed by atoms with E-state index in [0.717, 1.165) is 0 Å². The van der Waals surface area contributed by atoms with E-state index in [0.29, 0.717) is 5.65 Å². The van der Waals surface area contributed by atoms with Crippen molar-refractivity contribution in [1.82, 2.24) is 14.4 Å². The minimum Gasteiger partial charge on any atom is -0.293 e. The second-order valence-electron chi connectivity index (χ2n) is 2.15. The van der Waals surface area contributed by atoms with E-state index in [4.69, 9.17) is 0 Å². The zero-order chi connectivity index (χ0) is 7.84. The lowest BCUT2D eigenvalue weighted by Gasteiger charge is -1.89. The molecule has 0 spiro atoms. The number of aromatic amines is 2. The number of rotatable bonds is 0. The minimum atomic E-state index is -0.485. The quantitative estimate of drug-likeness (QED) is 0.523. The average molecular weight is 151 g/mol. The van der Waals surface area contributed by atoms with Gasteiger partial charge >= 0.3 is 11.4 Å². The number of hydrogen-bond donors (Lipinski definition) is 2. The van der Waals surface area contributed by atoms with Crippen LogP contribution in [-0.2, 0) is 0 Å². The van der Waals surface area contributed by atoms with Crippen LogP contribution in [0.25, 0.3) is 5.65 Å². The van der Waals surface area contributed by atoms with Gasteiger partial charge < -0.3 is 0 Å². The zero-order valence-electron chi connectivity index (χ0n) is 5.50. The van der Waals surface area contributed by atoms with Gasteiger partial charge in [-0.05, 0) is 12.1 Å². The van der Waals surface area contributed by atoms with Crippen molar-refractivity contribution in [2.24, 2.45) is 0 Å². The first-order valence-electron chi connectivity index (χ1n) is 3.07. The molecule has 2 heterocycles. The molecule has 2 aromatic rings. The predicted octanol–water partition coefficient (Wildman–Crippen LogP) is -0.684. The van der Waals surface area contributed by atoms with E-state index in [9.17, 15) is 9.59 Å². The minimum absolute atomic E-state index is 0.422. The number of nitrogens with zero attached hydrogens (tertiary/aromatic N) is 1. The molecule has 0 aliphatic heterocycles. The molecular formula is C6H5N3O2. The number of hydrogen-bond acceptors (Lipinski definition) is 2. The van der Waals surface area contributed by atoms with Crippen molar-refractivity contribution in [2.45, 2.75) is 0 Å². The van der Waals surface area contributed by atoms with Crippen molar-refractivity contribution >= 4 is 5.65 Å². The van der Waals surface area contributed by atoms with Gasteiger partial charge in [0.15, 0.2) is 0 Å². The largest absolute Gasteiger partial charge is 0.335 e. The van der Waals surface area contributed by atoms with Crippen molar-refractivity contribution in [2.75, 3.05) is 0 Å². The molecule has 56 valence electrons. The first kappa shape index (κ1) is 5.96. The summed E-state index contributed by atoms with van der Waals surface area (Å²) in [5, 5.41) is 0. The molecule has 11 heavy (non-hydrogen) atoms. The maximum atomic E-state index is 10.9. The zero-order valence-corrected chi connectivity index (χ0v) is 5.50. The Bertz CT molecular complexity index is 490. The fourth-order valence-electron chi connectivity index (χ4n) is 0.965. The van der Waals surface area contributed by atoms with Gasteiger partial charge in [-0.3, -0.25) is 14.4 Å². The van der Waals surface area contributed by atoms with Gasteiger partial charge in [0, 0.05) is 6.20 Å². The highest BCUT2D eigenvalue weighted by molar-refractivity contribution is 5.36. The molecule has 0 aliphatic rings. The van der Waals surface area contributed by atoms with Gasteiger partial charge in [-0.2, -0.15) is 0 Å². The van der Waals surface area contributed by atoms with Crippen molar-refractivity contribution in [3.63, 3.8) is 0 Å². The van der Waals surface area contributed by atoms with Crippen LogP contribution in [0.15, 0.2) is 27.9 Å². The SMILES string of the molecule is O=c1[nH]c(=O)n2cccc2[nH]1. The normalized spacial score (nSPS) is 10.5. The highest BCUT2D eigenvalue weighted by atomic mass is 16.2. The van der Waals surface area contributed by atoms with E-state index in [2.05, 4.69) is 9.97 Å². The fraction of sp³-hybridized carbons (Fsp3) is 0. The summed E-state index contributed by atoms with van der Waals surface area (Å²) in [6, 6.07) is 3.33. The van der Waals surface area contributed by atoms with Crippen molar-refractivity contribution in [3.8, 4) is 0 Å². The third-order valence-corrected chi connectivity index (χ3v) is 1.43. The molecule has 0 amide bonds. The lowest BCUT2D eigenvalue weighted by molar-refractivity contribution is 0.917. The van der Waals surface area contributed by atoms with E-state index >= 15 is 0 Å². The maximum Gasteiger partial charge on any atom is 0.335 e. The summed E-state index contributed by atoms with van der Waals surface area (Å²) in [6.07, 6.45) is 1.57. The third kappa shape index (κ3) is 0.778. The molecule has 0 bridgehead atoms. The Labute approximate surface area is 60.3 Å². The Morgan fingerprint density at radius 1 is 1.27 bits per heavy atom. The van der Waals surface area contributed by atoms with Gasteiger partial charge in [0.25, 0.3) is 0 Å². The first-order valence-corrected chi connectivity index (χ1v) is 3.07. The molecule has 5 nitrogen and oxygen atoms in total. The topological polar surface area (TPSA) is 70.1 Å². The molecule has 0 radical (unpaired) electrons. The Morgan fingerprint density at radius 3 is 2.91 bits per heavy atom. The predicted molar refractivity (Wildman–Crippen MR) is 38.6 cm³/mol. The van der Waals surface area contributed by atoms with Crippen LogP contribution < -0.4 is 11.4 Å². The summed E-state index contributed by atoms with van der Waals surface area (Å²) in [5.74, 6) is 0. The monoisotopic (exact) mass is 151 g/mol. The fourth-order valence-corrected chi connectivity index (χ4v) is 0.965. The van der Waals surface area contributed by atoms with Gasteiger partial charge in [0.05, 0.1) is 0 Å². The van der Waals surface area contributed by atoms with Crippen LogP contribution in [0.1, 0.15) is 0 Å². The van der Waals surface area contributed by atoms with Crippen LogP contribution in [-0.4, -0.2) is 14.4 Å². The summed E-state index contributed by atoms with van der Waals surface area (Å²) in [4.78, 5) is 26.2. The summed E-state index contributed by atoms with van der Waals surface area (Å²) in [7, 11) is 0. The molecule has 5 heteroatoms. The smallest absolute Gasteiger partial charge is 0.293 e. The van der Waals surface area contributed by atoms with Crippen LogP contribution in [0.2, 0.25) is 0 Å². The van der Waals surface area contributed by atoms with E-state index in [-0.39, 0.29) is 0 Å². The van der Waals surface area contributed by atoms with Crippen LogP contribution in [0, 0.1) is 0 Å². The van der Waals surface area contributed by atoms with E-state index in [1.54, 1.807) is 18.3 Å². The van der Waals surface area contributed by atoms with Crippen LogP contribution in [0.5, 0.6) is 0 Å². The first-order chi connectivity index (χ1) is 5.27. The van der Waals surface area contributed by atoms with E-state index < -0.39 is 11.4 Å².